The van der Waals surface area contributed by atoms with E-state index in [9.17, 15) is 8.78 Å². The van der Waals surface area contributed by atoms with E-state index >= 15 is 0 Å². The molecule has 0 bridgehead atoms. The van der Waals surface area contributed by atoms with Gasteiger partial charge in [-0.1, -0.05) is 17.7 Å². The summed E-state index contributed by atoms with van der Waals surface area (Å²) in [5, 5.41) is 7.88. The molecule has 5 nitrogen and oxygen atoms in total. The van der Waals surface area contributed by atoms with E-state index in [0.717, 1.165) is 11.3 Å². The number of alkyl halides is 2. The first-order valence-electron chi connectivity index (χ1n) is 7.38. The lowest BCUT2D eigenvalue weighted by Gasteiger charge is -2.11. The van der Waals surface area contributed by atoms with Gasteiger partial charge in [-0.2, -0.15) is 13.9 Å². The van der Waals surface area contributed by atoms with Crippen LogP contribution in [-0.4, -0.2) is 25.0 Å². The monoisotopic (exact) mass is 399 g/mol. The van der Waals surface area contributed by atoms with Crippen molar-refractivity contribution >= 4 is 40.8 Å². The molecule has 0 aliphatic heterocycles. The Labute approximate surface area is 159 Å². The third-order valence-electron chi connectivity index (χ3n) is 3.30. The minimum absolute atomic E-state index is 0.0544. The Balaban J connectivity index is 1.99. The van der Waals surface area contributed by atoms with Crippen molar-refractivity contribution in [3.63, 3.8) is 0 Å². The normalized spacial score (nSPS) is 10.8. The highest BCUT2D eigenvalue weighted by atomic mass is 35.5. The van der Waals surface area contributed by atoms with Crippen molar-refractivity contribution < 1.29 is 18.3 Å². The van der Waals surface area contributed by atoms with Crippen molar-refractivity contribution in [2.75, 3.05) is 12.4 Å². The van der Waals surface area contributed by atoms with Gasteiger partial charge in [-0.05, 0) is 60.6 Å². The van der Waals surface area contributed by atoms with Gasteiger partial charge in [-0.15, -0.1) is 0 Å². The molecule has 0 aliphatic carbocycles. The quantitative estimate of drug-likeness (QED) is 0.423. The van der Waals surface area contributed by atoms with Crippen LogP contribution >= 0.6 is 23.8 Å². The smallest absolute Gasteiger partial charge is 0.387 e. The van der Waals surface area contributed by atoms with Gasteiger partial charge in [0.2, 0.25) is 0 Å². The topological polar surface area (TPSA) is 54.9 Å². The first-order chi connectivity index (χ1) is 12.4. The summed E-state index contributed by atoms with van der Waals surface area (Å²) in [6.07, 6.45) is 1.47. The van der Waals surface area contributed by atoms with E-state index in [1.165, 1.54) is 25.5 Å². The molecule has 0 radical (unpaired) electrons. The Hall–Kier alpha value is -2.45. The van der Waals surface area contributed by atoms with Crippen LogP contribution in [0.4, 0.5) is 14.5 Å². The maximum atomic E-state index is 12.3. The average molecular weight is 400 g/mol. The first-order valence-corrected chi connectivity index (χ1v) is 8.17. The zero-order valence-corrected chi connectivity index (χ0v) is 15.5. The van der Waals surface area contributed by atoms with E-state index in [0.29, 0.717) is 10.6 Å². The minimum Gasteiger partial charge on any atom is -0.493 e. The number of hydrogen-bond donors (Lipinski definition) is 2. The molecule has 2 N–H and O–H groups in total. The summed E-state index contributed by atoms with van der Waals surface area (Å²) in [7, 11) is 1.36. The summed E-state index contributed by atoms with van der Waals surface area (Å²) in [5.41, 5.74) is 4.90. The first kappa shape index (κ1) is 19.9. The third-order valence-corrected chi connectivity index (χ3v) is 3.90. The van der Waals surface area contributed by atoms with Crippen molar-refractivity contribution in [2.24, 2.45) is 5.10 Å². The Morgan fingerprint density at radius 1 is 1.27 bits per heavy atom. The summed E-state index contributed by atoms with van der Waals surface area (Å²) in [5.74, 6) is 0.116. The van der Waals surface area contributed by atoms with Gasteiger partial charge in [-0.3, -0.25) is 5.43 Å². The van der Waals surface area contributed by atoms with E-state index in [1.807, 2.05) is 13.0 Å². The number of hydrazone groups is 1. The molecule has 0 spiro atoms. The number of rotatable bonds is 6. The highest BCUT2D eigenvalue weighted by Gasteiger charge is 2.10. The lowest BCUT2D eigenvalue weighted by molar-refractivity contribution is -0.0512. The molecule has 26 heavy (non-hydrogen) atoms. The molecular formula is C17H16ClF2N3O2S. The zero-order chi connectivity index (χ0) is 19.1. The van der Waals surface area contributed by atoms with Gasteiger partial charge in [0, 0.05) is 10.7 Å². The predicted molar refractivity (Wildman–Crippen MR) is 103 cm³/mol. The molecule has 2 rings (SSSR count). The molecule has 0 saturated carbocycles. The molecule has 0 saturated heterocycles. The van der Waals surface area contributed by atoms with Gasteiger partial charge in [0.1, 0.15) is 0 Å². The molecule has 0 amide bonds. The van der Waals surface area contributed by atoms with E-state index in [1.54, 1.807) is 18.2 Å². The van der Waals surface area contributed by atoms with Crippen LogP contribution in [0.2, 0.25) is 5.02 Å². The van der Waals surface area contributed by atoms with Crippen LogP contribution in [0.15, 0.2) is 41.5 Å². The fourth-order valence-electron chi connectivity index (χ4n) is 2.02. The summed E-state index contributed by atoms with van der Waals surface area (Å²) < 4.78 is 34.0. The van der Waals surface area contributed by atoms with Gasteiger partial charge in [0.15, 0.2) is 16.6 Å². The van der Waals surface area contributed by atoms with Gasteiger partial charge in [0.25, 0.3) is 0 Å². The van der Waals surface area contributed by atoms with Crippen LogP contribution in [0, 0.1) is 6.92 Å². The van der Waals surface area contributed by atoms with Crippen molar-refractivity contribution in [2.45, 2.75) is 13.5 Å². The van der Waals surface area contributed by atoms with E-state index < -0.39 is 6.61 Å². The number of benzene rings is 2. The highest BCUT2D eigenvalue weighted by molar-refractivity contribution is 7.80. The fraction of sp³-hybridized carbons (Fsp3) is 0.176. The van der Waals surface area contributed by atoms with Gasteiger partial charge in [-0.25, -0.2) is 0 Å². The maximum Gasteiger partial charge on any atom is 0.387 e. The number of nitrogens with one attached hydrogen (secondary N) is 2. The number of hydrogen-bond acceptors (Lipinski definition) is 4. The van der Waals surface area contributed by atoms with Crippen molar-refractivity contribution in [3.8, 4) is 11.5 Å². The molecule has 0 unspecified atom stereocenters. The second-order valence-electron chi connectivity index (χ2n) is 5.03. The standard InChI is InChI=1S/C17H16ClF2N3O2S/c1-10-12(18)4-3-5-13(10)22-17(26)23-21-9-11-6-7-14(25-16(19)20)15(8-11)24-2/h3-9,16H,1-2H3,(H2,22,23,26)/b21-9-. The summed E-state index contributed by atoms with van der Waals surface area (Å²) in [4.78, 5) is 0. The molecule has 0 atom stereocenters. The van der Waals surface area contributed by atoms with Gasteiger partial charge < -0.3 is 14.8 Å². The number of halogens is 3. The molecule has 9 heteroatoms. The zero-order valence-electron chi connectivity index (χ0n) is 13.9. The highest BCUT2D eigenvalue weighted by Crippen LogP contribution is 2.29. The molecule has 2 aromatic rings. The Bertz CT molecular complexity index is 819. The van der Waals surface area contributed by atoms with Crippen LogP contribution in [0.1, 0.15) is 11.1 Å². The molecule has 0 aromatic heterocycles. The second kappa shape index (κ2) is 9.30. The van der Waals surface area contributed by atoms with Crippen molar-refractivity contribution in [3.05, 3.63) is 52.5 Å². The molecule has 0 fully saturated rings. The van der Waals surface area contributed by atoms with Crippen LogP contribution in [0.3, 0.4) is 0 Å². The van der Waals surface area contributed by atoms with Crippen molar-refractivity contribution in [1.82, 2.24) is 5.43 Å². The van der Waals surface area contributed by atoms with Crippen molar-refractivity contribution in [1.29, 1.82) is 0 Å². The van der Waals surface area contributed by atoms with Crippen LogP contribution in [0.25, 0.3) is 0 Å². The molecule has 138 valence electrons. The SMILES string of the molecule is COc1cc(/C=N\NC(=S)Nc2cccc(Cl)c2C)ccc1OC(F)F. The second-order valence-corrected chi connectivity index (χ2v) is 5.84. The van der Waals surface area contributed by atoms with E-state index in [2.05, 4.69) is 20.6 Å². The molecule has 0 aliphatic rings. The van der Waals surface area contributed by atoms with Crippen LogP contribution < -0.4 is 20.2 Å². The van der Waals surface area contributed by atoms with Crippen LogP contribution in [0.5, 0.6) is 11.5 Å². The lowest BCUT2D eigenvalue weighted by atomic mass is 10.2. The lowest BCUT2D eigenvalue weighted by Crippen LogP contribution is -2.24. The summed E-state index contributed by atoms with van der Waals surface area (Å²) >= 11 is 11.2. The number of ether oxygens (including phenoxy) is 2. The Kier molecular flexibility index (Phi) is 7.11. The summed E-state index contributed by atoms with van der Waals surface area (Å²) in [6, 6.07) is 9.87. The average Bonchev–Trinajstić information content (AvgIpc) is 2.59. The number of thiocarbonyl (C=S) groups is 1. The maximum absolute atomic E-state index is 12.3. The Morgan fingerprint density at radius 2 is 2.04 bits per heavy atom. The fourth-order valence-corrected chi connectivity index (χ4v) is 2.35. The minimum atomic E-state index is -2.93. The number of anilines is 1. The van der Waals surface area contributed by atoms with E-state index in [4.69, 9.17) is 28.6 Å². The number of nitrogens with zero attached hydrogens (tertiary/aromatic N) is 1. The predicted octanol–water partition coefficient (Wildman–Crippen LogP) is 4.58. The van der Waals surface area contributed by atoms with Gasteiger partial charge in [0.05, 0.1) is 13.3 Å². The number of methoxy groups -OCH3 is 1. The summed E-state index contributed by atoms with van der Waals surface area (Å²) in [6.45, 7) is -1.06. The Morgan fingerprint density at radius 3 is 2.73 bits per heavy atom. The van der Waals surface area contributed by atoms with E-state index in [-0.39, 0.29) is 16.6 Å². The van der Waals surface area contributed by atoms with Gasteiger partial charge >= 0.3 is 6.61 Å². The molecule has 2 aromatic carbocycles. The molecular weight excluding hydrogens is 384 g/mol. The van der Waals surface area contributed by atoms with Crippen LogP contribution in [-0.2, 0) is 0 Å². The third kappa shape index (κ3) is 5.53. The molecule has 0 heterocycles. The largest absolute Gasteiger partial charge is 0.493 e.